The number of aryl methyl sites for hydroxylation is 1. The van der Waals surface area contributed by atoms with Crippen molar-refractivity contribution in [1.29, 1.82) is 0 Å². The van der Waals surface area contributed by atoms with Gasteiger partial charge in [-0.25, -0.2) is 9.59 Å². The van der Waals surface area contributed by atoms with Gasteiger partial charge in [0.2, 0.25) is 0 Å². The summed E-state index contributed by atoms with van der Waals surface area (Å²) in [6.45, 7) is 5.43. The lowest BCUT2D eigenvalue weighted by atomic mass is 9.94. The van der Waals surface area contributed by atoms with Crippen molar-refractivity contribution < 1.29 is 14.3 Å². The molecule has 24 heavy (non-hydrogen) atoms. The number of methoxy groups -OCH3 is 1. The molecule has 2 rings (SSSR count). The molecule has 1 unspecified atom stereocenters. The van der Waals surface area contributed by atoms with Crippen LogP contribution in [0.15, 0.2) is 35.5 Å². The Morgan fingerprint density at radius 3 is 2.54 bits per heavy atom. The molecule has 0 aromatic heterocycles. The Kier molecular flexibility index (Phi) is 5.98. The summed E-state index contributed by atoms with van der Waals surface area (Å²) in [6, 6.07) is 6.93. The summed E-state index contributed by atoms with van der Waals surface area (Å²) in [5.74, 6) is -0.437. The van der Waals surface area contributed by atoms with Crippen LogP contribution in [0.5, 0.6) is 0 Å². The highest BCUT2D eigenvalue weighted by molar-refractivity contribution is 5.95. The Balaban J connectivity index is 2.44. The van der Waals surface area contributed by atoms with Crippen molar-refractivity contribution in [3.8, 4) is 0 Å². The number of nitrogens with one attached hydrogen (secondary N) is 2. The normalized spacial score (nSPS) is 17.5. The van der Waals surface area contributed by atoms with Crippen LogP contribution in [-0.4, -0.2) is 44.1 Å². The number of carbonyl (C=O) groups excluding carboxylic acids is 2. The third-order valence-corrected chi connectivity index (χ3v) is 4.00. The molecule has 130 valence electrons. The van der Waals surface area contributed by atoms with Crippen molar-refractivity contribution in [2.24, 2.45) is 0 Å². The molecule has 1 heterocycles. The number of urea groups is 1. The van der Waals surface area contributed by atoms with Crippen molar-refractivity contribution in [1.82, 2.24) is 15.5 Å². The van der Waals surface area contributed by atoms with E-state index in [-0.39, 0.29) is 6.03 Å². The first kappa shape index (κ1) is 18.0. The van der Waals surface area contributed by atoms with Crippen LogP contribution in [0, 0.1) is 6.92 Å². The molecular formula is C18H25N3O3. The summed E-state index contributed by atoms with van der Waals surface area (Å²) in [5.41, 5.74) is 3.01. The highest BCUT2D eigenvalue weighted by atomic mass is 16.5. The lowest BCUT2D eigenvalue weighted by Gasteiger charge is -2.31. The van der Waals surface area contributed by atoms with Crippen molar-refractivity contribution >= 4 is 12.0 Å². The highest BCUT2D eigenvalue weighted by Gasteiger charge is 2.33. The summed E-state index contributed by atoms with van der Waals surface area (Å²) in [7, 11) is 3.31. The van der Waals surface area contributed by atoms with Crippen molar-refractivity contribution in [3.05, 3.63) is 46.7 Å². The summed E-state index contributed by atoms with van der Waals surface area (Å²) < 4.78 is 4.97. The molecule has 6 heteroatoms. The van der Waals surface area contributed by atoms with E-state index in [1.165, 1.54) is 7.11 Å². The fraction of sp³-hybridized carbons (Fsp3) is 0.444. The van der Waals surface area contributed by atoms with Gasteiger partial charge in [0.05, 0.1) is 18.7 Å². The second-order valence-electron chi connectivity index (χ2n) is 6.06. The first-order valence-corrected chi connectivity index (χ1v) is 8.10. The Hall–Kier alpha value is -2.34. The van der Waals surface area contributed by atoms with E-state index in [0.717, 1.165) is 24.1 Å². The van der Waals surface area contributed by atoms with Gasteiger partial charge in [0.15, 0.2) is 0 Å². The van der Waals surface area contributed by atoms with Gasteiger partial charge in [0.25, 0.3) is 0 Å². The second-order valence-corrected chi connectivity index (χ2v) is 6.06. The monoisotopic (exact) mass is 331 g/mol. The summed E-state index contributed by atoms with van der Waals surface area (Å²) in [5, 5.41) is 5.59. The van der Waals surface area contributed by atoms with Crippen LogP contribution < -0.4 is 10.6 Å². The summed E-state index contributed by atoms with van der Waals surface area (Å²) in [6.07, 6.45) is 0.991. The lowest BCUT2D eigenvalue weighted by molar-refractivity contribution is -0.136. The topological polar surface area (TPSA) is 70.7 Å². The second kappa shape index (κ2) is 7.97. The number of rotatable bonds is 6. The molecule has 2 amide bonds. The molecule has 0 bridgehead atoms. The van der Waals surface area contributed by atoms with Gasteiger partial charge in [0, 0.05) is 12.2 Å². The number of hydrogen-bond acceptors (Lipinski definition) is 4. The van der Waals surface area contributed by atoms with Gasteiger partial charge >= 0.3 is 12.0 Å². The number of likely N-dealkylation sites (N-methyl/N-ethyl adjacent to an activating group) is 1. The van der Waals surface area contributed by atoms with Gasteiger partial charge in [-0.2, -0.15) is 0 Å². The van der Waals surface area contributed by atoms with Gasteiger partial charge in [0.1, 0.15) is 0 Å². The Bertz CT molecular complexity index is 637. The van der Waals surface area contributed by atoms with Crippen LogP contribution >= 0.6 is 0 Å². The van der Waals surface area contributed by atoms with E-state index in [1.54, 1.807) is 0 Å². The smallest absolute Gasteiger partial charge is 0.338 e. The summed E-state index contributed by atoms with van der Waals surface area (Å²) >= 11 is 0. The average molecular weight is 331 g/mol. The third kappa shape index (κ3) is 4.14. The Morgan fingerprint density at radius 1 is 1.29 bits per heavy atom. The zero-order valence-electron chi connectivity index (χ0n) is 14.7. The predicted molar refractivity (Wildman–Crippen MR) is 92.4 cm³/mol. The zero-order chi connectivity index (χ0) is 17.7. The lowest BCUT2D eigenvalue weighted by Crippen LogP contribution is -2.48. The van der Waals surface area contributed by atoms with Gasteiger partial charge in [-0.05, 0) is 32.5 Å². The van der Waals surface area contributed by atoms with Gasteiger partial charge in [-0.15, -0.1) is 0 Å². The molecule has 1 aliphatic rings. The molecule has 1 atom stereocenters. The molecule has 0 radical (unpaired) electrons. The molecule has 2 N–H and O–H groups in total. The molecule has 1 aliphatic heterocycles. The maximum Gasteiger partial charge on any atom is 0.338 e. The van der Waals surface area contributed by atoms with Crippen LogP contribution in [-0.2, 0) is 9.53 Å². The van der Waals surface area contributed by atoms with E-state index in [4.69, 9.17) is 4.74 Å². The SMILES string of the molecule is CCCN(C)CC1=C(C(=O)OC)C(c2ccc(C)cc2)NC(=O)N1. The molecule has 0 fully saturated rings. The highest BCUT2D eigenvalue weighted by Crippen LogP contribution is 2.28. The molecule has 0 saturated carbocycles. The van der Waals surface area contributed by atoms with E-state index >= 15 is 0 Å². The molecule has 1 aromatic carbocycles. The quantitative estimate of drug-likeness (QED) is 0.783. The minimum absolute atomic E-state index is 0.312. The molecule has 0 spiro atoms. The standard InChI is InChI=1S/C18H25N3O3/c1-5-10-21(3)11-14-15(17(22)24-4)16(20-18(23)19-14)13-8-6-12(2)7-9-13/h6-9,16H,5,10-11H2,1-4H3,(H2,19,20,23). The number of ether oxygens (including phenoxy) is 1. The van der Waals surface area contributed by atoms with Crippen molar-refractivity contribution in [2.75, 3.05) is 27.2 Å². The van der Waals surface area contributed by atoms with Crippen molar-refractivity contribution in [3.63, 3.8) is 0 Å². The first-order chi connectivity index (χ1) is 11.5. The third-order valence-electron chi connectivity index (χ3n) is 4.00. The van der Waals surface area contributed by atoms with E-state index in [1.807, 2.05) is 38.2 Å². The molecule has 6 nitrogen and oxygen atoms in total. The van der Waals surface area contributed by atoms with Crippen LogP contribution in [0.2, 0.25) is 0 Å². The molecule has 1 aromatic rings. The maximum absolute atomic E-state index is 12.4. The van der Waals surface area contributed by atoms with Gasteiger partial charge in [-0.3, -0.25) is 0 Å². The van der Waals surface area contributed by atoms with Crippen molar-refractivity contribution in [2.45, 2.75) is 26.3 Å². The van der Waals surface area contributed by atoms with Crippen LogP contribution in [0.1, 0.15) is 30.5 Å². The van der Waals surface area contributed by atoms with Crippen LogP contribution in [0.25, 0.3) is 0 Å². The van der Waals surface area contributed by atoms with E-state index in [0.29, 0.717) is 17.8 Å². The molecule has 0 aliphatic carbocycles. The van der Waals surface area contributed by atoms with Gasteiger partial charge in [-0.1, -0.05) is 36.8 Å². The van der Waals surface area contributed by atoms with E-state index in [9.17, 15) is 9.59 Å². The number of hydrogen-bond donors (Lipinski definition) is 2. The number of amides is 2. The fourth-order valence-electron chi connectivity index (χ4n) is 2.83. The summed E-state index contributed by atoms with van der Waals surface area (Å²) in [4.78, 5) is 26.5. The Labute approximate surface area is 142 Å². The fourth-order valence-corrected chi connectivity index (χ4v) is 2.83. The van der Waals surface area contributed by atoms with E-state index < -0.39 is 12.0 Å². The molecular weight excluding hydrogens is 306 g/mol. The number of carbonyl (C=O) groups is 2. The van der Waals surface area contributed by atoms with Gasteiger partial charge < -0.3 is 20.3 Å². The Morgan fingerprint density at radius 2 is 1.96 bits per heavy atom. The minimum Gasteiger partial charge on any atom is -0.466 e. The zero-order valence-corrected chi connectivity index (χ0v) is 14.7. The molecule has 0 saturated heterocycles. The maximum atomic E-state index is 12.4. The van der Waals surface area contributed by atoms with Crippen LogP contribution in [0.3, 0.4) is 0 Å². The largest absolute Gasteiger partial charge is 0.466 e. The van der Waals surface area contributed by atoms with Crippen LogP contribution in [0.4, 0.5) is 4.79 Å². The van der Waals surface area contributed by atoms with E-state index in [2.05, 4.69) is 22.5 Å². The number of benzene rings is 1. The number of esters is 1. The minimum atomic E-state index is -0.517. The predicted octanol–water partition coefficient (Wildman–Crippen LogP) is 2.12. The number of nitrogens with zero attached hydrogens (tertiary/aromatic N) is 1. The average Bonchev–Trinajstić information content (AvgIpc) is 2.54. The first-order valence-electron chi connectivity index (χ1n) is 8.10.